The van der Waals surface area contributed by atoms with E-state index in [-0.39, 0.29) is 22.4 Å². The maximum Gasteiger partial charge on any atom is 0.490 e. The average Bonchev–Trinajstić information content (AvgIpc) is 3.13. The summed E-state index contributed by atoms with van der Waals surface area (Å²) in [7, 11) is 1.56. The fourth-order valence-electron chi connectivity index (χ4n) is 3.34. The Morgan fingerprint density at radius 2 is 1.78 bits per heavy atom. The van der Waals surface area contributed by atoms with Crippen molar-refractivity contribution in [1.29, 1.82) is 0 Å². The molecule has 0 radical (unpaired) electrons. The first-order valence-electron chi connectivity index (χ1n) is 11.4. The predicted octanol–water partition coefficient (Wildman–Crippen LogP) is 6.26. The van der Waals surface area contributed by atoms with Gasteiger partial charge in [0.25, 0.3) is 0 Å². The van der Waals surface area contributed by atoms with E-state index in [1.807, 2.05) is 0 Å². The van der Waals surface area contributed by atoms with Crippen LogP contribution in [0.2, 0.25) is 5.02 Å². The second-order valence-corrected chi connectivity index (χ2v) is 8.52. The number of anilines is 3. The van der Waals surface area contributed by atoms with Crippen LogP contribution in [0.25, 0.3) is 6.08 Å². The summed E-state index contributed by atoms with van der Waals surface area (Å²) in [6.45, 7) is 0.538. The summed E-state index contributed by atoms with van der Waals surface area (Å²) in [6.07, 6.45) is -5.93. The summed E-state index contributed by atoms with van der Waals surface area (Å²) < 4.78 is 76.1. The van der Waals surface area contributed by atoms with E-state index >= 15 is 0 Å². The third-order valence-corrected chi connectivity index (χ3v) is 5.53. The number of halogens is 7. The van der Waals surface area contributed by atoms with Gasteiger partial charge >= 0.3 is 18.3 Å². The minimum Gasteiger partial charge on any atom is -0.475 e. The van der Waals surface area contributed by atoms with Crippen molar-refractivity contribution in [3.63, 3.8) is 0 Å². The van der Waals surface area contributed by atoms with Crippen LogP contribution in [0, 0.1) is 0 Å². The highest BCUT2D eigenvalue weighted by Gasteiger charge is 2.38. The first-order valence-corrected chi connectivity index (χ1v) is 11.8. The van der Waals surface area contributed by atoms with E-state index in [1.54, 1.807) is 25.3 Å². The number of benzene rings is 2. The predicted molar refractivity (Wildman–Crippen MR) is 137 cm³/mol. The van der Waals surface area contributed by atoms with Gasteiger partial charge in [0, 0.05) is 24.9 Å². The van der Waals surface area contributed by atoms with Gasteiger partial charge in [-0.05, 0) is 48.9 Å². The Bertz CT molecular complexity index is 1460. The smallest absolute Gasteiger partial charge is 0.475 e. The number of carbonyl (C=O) groups excluding carboxylic acids is 1. The van der Waals surface area contributed by atoms with Gasteiger partial charge in [-0.15, -0.1) is 0 Å². The van der Waals surface area contributed by atoms with Gasteiger partial charge in [-0.2, -0.15) is 26.3 Å². The summed E-state index contributed by atoms with van der Waals surface area (Å²) >= 11 is 6.33. The maximum atomic E-state index is 12.9. The number of amides is 1. The van der Waals surface area contributed by atoms with Gasteiger partial charge in [-0.3, -0.25) is 4.79 Å². The zero-order valence-electron chi connectivity index (χ0n) is 20.8. The molecule has 1 aromatic heterocycles. The molecule has 0 aliphatic carbocycles. The number of fused-ring (bicyclic) bond motifs is 1. The number of rotatable bonds is 5. The van der Waals surface area contributed by atoms with E-state index < -0.39 is 23.9 Å². The van der Waals surface area contributed by atoms with Crippen molar-refractivity contribution in [3.05, 3.63) is 70.5 Å². The number of aromatic nitrogens is 2. The number of hydrogen-bond acceptors (Lipinski definition) is 7. The Morgan fingerprint density at radius 1 is 1.07 bits per heavy atom. The second-order valence-electron chi connectivity index (χ2n) is 8.11. The third-order valence-electron chi connectivity index (χ3n) is 5.23. The molecule has 0 saturated heterocycles. The number of alkyl halides is 6. The molecule has 0 atom stereocenters. The summed E-state index contributed by atoms with van der Waals surface area (Å²) in [4.78, 5) is 29.6. The Labute approximate surface area is 233 Å². The van der Waals surface area contributed by atoms with E-state index in [1.165, 1.54) is 24.5 Å². The zero-order valence-corrected chi connectivity index (χ0v) is 21.6. The lowest BCUT2D eigenvalue weighted by Crippen LogP contribution is -2.21. The van der Waals surface area contributed by atoms with Gasteiger partial charge in [0.1, 0.15) is 29.5 Å². The Kier molecular flexibility index (Phi) is 9.65. The van der Waals surface area contributed by atoms with E-state index in [2.05, 4.69) is 25.9 Å². The van der Waals surface area contributed by atoms with Crippen LogP contribution in [-0.2, 0) is 15.8 Å². The molecule has 0 spiro atoms. The van der Waals surface area contributed by atoms with Gasteiger partial charge < -0.3 is 25.8 Å². The topological polar surface area (TPSA) is 125 Å². The lowest BCUT2D eigenvalue weighted by molar-refractivity contribution is -0.192. The lowest BCUT2D eigenvalue weighted by atomic mass is 10.1. The van der Waals surface area contributed by atoms with Crippen LogP contribution >= 0.6 is 11.6 Å². The first kappa shape index (κ1) is 31.0. The largest absolute Gasteiger partial charge is 0.490 e. The van der Waals surface area contributed by atoms with Crippen LogP contribution in [0.3, 0.4) is 0 Å². The molecule has 1 amide bonds. The highest BCUT2D eigenvalue weighted by Crippen LogP contribution is 2.36. The van der Waals surface area contributed by atoms with Gasteiger partial charge in [-0.1, -0.05) is 17.7 Å². The van der Waals surface area contributed by atoms with E-state index in [0.29, 0.717) is 41.4 Å². The van der Waals surface area contributed by atoms with Crippen LogP contribution in [0.5, 0.6) is 11.5 Å². The molecule has 0 saturated carbocycles. The summed E-state index contributed by atoms with van der Waals surface area (Å²) in [5, 5.41) is 16.2. The van der Waals surface area contributed by atoms with Crippen molar-refractivity contribution in [2.24, 2.45) is 0 Å². The SMILES string of the molecule is CNC(=O)C1=Cc2c(ncnc2Nc2ccc(Oc3cccc(C(F)(F)F)c3)c(Cl)c2)NCC1.O=C(O)C(F)(F)F. The van der Waals surface area contributed by atoms with Crippen molar-refractivity contribution in [3.8, 4) is 11.5 Å². The minimum absolute atomic E-state index is 0.0106. The number of ether oxygens (including phenoxy) is 1. The third kappa shape index (κ3) is 8.48. The quantitative estimate of drug-likeness (QED) is 0.252. The Hall–Kier alpha value is -4.53. The number of nitrogens with one attached hydrogen (secondary N) is 3. The molecule has 1 aliphatic rings. The number of carbonyl (C=O) groups is 2. The number of carboxylic acid groups (broad SMARTS) is 1. The zero-order chi connectivity index (χ0) is 30.4. The first-order chi connectivity index (χ1) is 19.2. The van der Waals surface area contributed by atoms with Crippen molar-refractivity contribution >= 4 is 46.9 Å². The summed E-state index contributed by atoms with van der Waals surface area (Å²) in [5.41, 5.74) is 0.927. The maximum absolute atomic E-state index is 12.9. The second kappa shape index (κ2) is 12.8. The van der Waals surface area contributed by atoms with Crippen molar-refractivity contribution < 1.29 is 45.8 Å². The fourth-order valence-corrected chi connectivity index (χ4v) is 3.55. The van der Waals surface area contributed by atoms with E-state index in [9.17, 15) is 31.1 Å². The van der Waals surface area contributed by atoms with Crippen molar-refractivity contribution in [1.82, 2.24) is 15.3 Å². The molecule has 0 bridgehead atoms. The molecule has 16 heteroatoms. The number of carboxylic acids is 1. The Balaban J connectivity index is 0.000000587. The Morgan fingerprint density at radius 3 is 2.39 bits per heavy atom. The molecule has 2 heterocycles. The van der Waals surface area contributed by atoms with Gasteiger partial charge in [-0.25, -0.2) is 14.8 Å². The normalized spacial score (nSPS) is 12.8. The molecule has 0 unspecified atom stereocenters. The molecular formula is C25H20ClF6N5O4. The number of hydrogen-bond donors (Lipinski definition) is 4. The summed E-state index contributed by atoms with van der Waals surface area (Å²) in [6, 6.07) is 9.29. The van der Waals surface area contributed by atoms with Crippen LogP contribution in [0.4, 0.5) is 43.7 Å². The van der Waals surface area contributed by atoms with Gasteiger partial charge in [0.15, 0.2) is 0 Å². The molecule has 2 aromatic carbocycles. The van der Waals surface area contributed by atoms with Crippen molar-refractivity contribution in [2.45, 2.75) is 18.8 Å². The molecule has 9 nitrogen and oxygen atoms in total. The molecule has 4 N–H and O–H groups in total. The summed E-state index contributed by atoms with van der Waals surface area (Å²) in [5.74, 6) is -1.72. The fraction of sp³-hybridized carbons (Fsp3) is 0.200. The van der Waals surface area contributed by atoms with Gasteiger partial charge in [0.05, 0.1) is 16.1 Å². The number of nitrogens with zero attached hydrogens (tertiary/aromatic N) is 2. The molecule has 1 aliphatic heterocycles. The van der Waals surface area contributed by atoms with E-state index in [4.69, 9.17) is 26.2 Å². The average molecular weight is 604 g/mol. The van der Waals surface area contributed by atoms with Crippen LogP contribution < -0.4 is 20.7 Å². The highest BCUT2D eigenvalue weighted by atomic mass is 35.5. The van der Waals surface area contributed by atoms with Crippen LogP contribution in [-0.4, -0.2) is 46.7 Å². The van der Waals surface area contributed by atoms with Gasteiger partial charge in [0.2, 0.25) is 5.91 Å². The molecule has 41 heavy (non-hydrogen) atoms. The molecule has 3 aromatic rings. The number of aliphatic carboxylic acids is 1. The molecule has 0 fully saturated rings. The lowest BCUT2D eigenvalue weighted by Gasteiger charge is -2.14. The molecular weight excluding hydrogens is 584 g/mol. The molecule has 4 rings (SSSR count). The van der Waals surface area contributed by atoms with E-state index in [0.717, 1.165) is 12.1 Å². The molecule has 218 valence electrons. The van der Waals surface area contributed by atoms with Crippen molar-refractivity contribution in [2.75, 3.05) is 24.2 Å². The highest BCUT2D eigenvalue weighted by molar-refractivity contribution is 6.32. The van der Waals surface area contributed by atoms with Crippen LogP contribution in [0.1, 0.15) is 17.5 Å². The number of likely N-dealkylation sites (N-methyl/N-ethyl adjacent to an activating group) is 1. The van der Waals surface area contributed by atoms with Crippen LogP contribution in [0.15, 0.2) is 54.4 Å². The monoisotopic (exact) mass is 603 g/mol. The standard InChI is InChI=1S/C23H19ClF3N5O2.C2HF3O2/c1-28-22(33)13-7-8-29-20-17(9-13)21(31-12-30-20)32-15-5-6-19(18(24)11-15)34-16-4-2-3-14(10-16)23(25,26)27;3-2(4,5)1(6)7/h2-6,9-12H,7-8H2,1H3,(H,28,33)(H2,29,30,31,32);(H,6,7). The minimum atomic E-state index is -5.08.